The average molecular weight is 489 g/mol. The van der Waals surface area contributed by atoms with E-state index in [1.165, 1.54) is 31.6 Å². The Morgan fingerprint density at radius 2 is 1.10 bits per heavy atom. The van der Waals surface area contributed by atoms with Gasteiger partial charge >= 0.3 is 190 Å². The second-order valence-corrected chi connectivity index (χ2v) is 17.5. The van der Waals surface area contributed by atoms with E-state index >= 15 is 0 Å². The first kappa shape index (κ1) is 19.7. The molecule has 0 saturated heterocycles. The number of benzene rings is 4. The molecule has 3 heteroatoms. The number of thiophene rings is 1. The quantitative estimate of drug-likeness (QED) is 0.228. The van der Waals surface area contributed by atoms with Crippen molar-refractivity contribution < 1.29 is 0 Å². The molecule has 0 aliphatic carbocycles. The standard InChI is InChI=1S/C27H22BrPS/c28-29(24-10-4-1-5-11-24,25-12-6-2-7-13-25,26-14-8-3-9-15-26)21-22-16-17-23-18-19-30-27(23)20-22/h1-20H,21H2. The zero-order valence-electron chi connectivity index (χ0n) is 16.5. The summed E-state index contributed by atoms with van der Waals surface area (Å²) >= 11 is 6.36. The number of rotatable bonds is 5. The van der Waals surface area contributed by atoms with Crippen LogP contribution in [0.3, 0.4) is 0 Å². The summed E-state index contributed by atoms with van der Waals surface area (Å²) in [6.45, 7) is 0. The van der Waals surface area contributed by atoms with Crippen molar-refractivity contribution in [3.8, 4) is 0 Å². The van der Waals surface area contributed by atoms with Crippen LogP contribution in [0, 0.1) is 0 Å². The van der Waals surface area contributed by atoms with Gasteiger partial charge in [-0.05, 0) is 0 Å². The van der Waals surface area contributed by atoms with Gasteiger partial charge in [0.1, 0.15) is 0 Å². The van der Waals surface area contributed by atoms with Crippen molar-refractivity contribution in [2.45, 2.75) is 6.16 Å². The van der Waals surface area contributed by atoms with E-state index in [1.54, 1.807) is 0 Å². The Balaban J connectivity index is 1.84. The van der Waals surface area contributed by atoms with Gasteiger partial charge in [-0.25, -0.2) is 0 Å². The van der Waals surface area contributed by atoms with E-state index in [9.17, 15) is 0 Å². The Labute approximate surface area is 189 Å². The fourth-order valence-electron chi connectivity index (χ4n) is 4.38. The molecule has 0 spiro atoms. The Kier molecular flexibility index (Phi) is 5.11. The predicted octanol–water partition coefficient (Wildman–Crippen LogP) is 7.24. The molecule has 0 fully saturated rings. The molecular formula is C27H22BrPS. The predicted molar refractivity (Wildman–Crippen MR) is 140 cm³/mol. The van der Waals surface area contributed by atoms with Crippen molar-refractivity contribution in [2.24, 2.45) is 0 Å². The van der Waals surface area contributed by atoms with Crippen LogP contribution in [0.1, 0.15) is 5.56 Å². The fraction of sp³-hybridized carbons (Fsp3) is 0.0370. The Morgan fingerprint density at radius 3 is 1.60 bits per heavy atom. The van der Waals surface area contributed by atoms with Crippen LogP contribution < -0.4 is 15.9 Å². The molecule has 0 nitrogen and oxygen atoms in total. The first-order valence-corrected chi connectivity index (χ1v) is 15.4. The fourth-order valence-corrected chi connectivity index (χ4v) is 12.9. The third-order valence-electron chi connectivity index (χ3n) is 5.88. The summed E-state index contributed by atoms with van der Waals surface area (Å²) in [7, 11) is 0. The van der Waals surface area contributed by atoms with Crippen LogP contribution in [0.15, 0.2) is 121 Å². The summed E-state index contributed by atoms with van der Waals surface area (Å²) in [5.41, 5.74) is 1.36. The van der Waals surface area contributed by atoms with Gasteiger partial charge in [-0.3, -0.25) is 0 Å². The maximum absolute atomic E-state index is 4.54. The molecule has 0 saturated carbocycles. The van der Waals surface area contributed by atoms with E-state index < -0.39 is 5.31 Å². The van der Waals surface area contributed by atoms with E-state index in [0.717, 1.165) is 6.16 Å². The summed E-state index contributed by atoms with van der Waals surface area (Å²) < 4.78 is 1.35. The third kappa shape index (κ3) is 3.15. The molecule has 0 aliphatic heterocycles. The Morgan fingerprint density at radius 1 is 0.600 bits per heavy atom. The zero-order chi connectivity index (χ0) is 20.5. The van der Waals surface area contributed by atoms with Crippen molar-refractivity contribution in [2.75, 3.05) is 0 Å². The molecule has 5 aromatic rings. The summed E-state index contributed by atoms with van der Waals surface area (Å²) in [6, 6.07) is 42.1. The minimum absolute atomic E-state index is 0.928. The van der Waals surface area contributed by atoms with Gasteiger partial charge in [-0.2, -0.15) is 0 Å². The Bertz CT molecular complexity index is 1180. The van der Waals surface area contributed by atoms with E-state index in [2.05, 4.69) is 136 Å². The van der Waals surface area contributed by atoms with Crippen LogP contribution in [0.4, 0.5) is 0 Å². The van der Waals surface area contributed by atoms with Crippen LogP contribution >= 0.6 is 32.1 Å². The van der Waals surface area contributed by atoms with Gasteiger partial charge in [-0.1, -0.05) is 0 Å². The van der Waals surface area contributed by atoms with Crippen molar-refractivity contribution in [1.82, 2.24) is 0 Å². The number of fused-ring (bicyclic) bond motifs is 1. The molecule has 148 valence electrons. The molecule has 0 amide bonds. The van der Waals surface area contributed by atoms with Gasteiger partial charge in [-0.15, -0.1) is 0 Å². The van der Waals surface area contributed by atoms with Crippen molar-refractivity contribution in [3.05, 3.63) is 126 Å². The minimum atomic E-state index is -2.93. The molecule has 0 unspecified atom stereocenters. The normalized spacial score (nSPS) is 13.0. The molecule has 5 rings (SSSR count). The SMILES string of the molecule is BrP(Cc1ccc2ccsc2c1)(c1ccccc1)(c1ccccc1)c1ccccc1. The molecule has 4 aromatic carbocycles. The molecule has 1 aromatic heterocycles. The van der Waals surface area contributed by atoms with E-state index in [-0.39, 0.29) is 0 Å². The second-order valence-electron chi connectivity index (χ2n) is 7.64. The van der Waals surface area contributed by atoms with Gasteiger partial charge in [0.2, 0.25) is 0 Å². The molecular weight excluding hydrogens is 467 g/mol. The molecule has 0 radical (unpaired) electrons. The van der Waals surface area contributed by atoms with Crippen LogP contribution in [0.2, 0.25) is 0 Å². The van der Waals surface area contributed by atoms with Crippen molar-refractivity contribution >= 4 is 58.1 Å². The molecule has 0 atom stereocenters. The topological polar surface area (TPSA) is 0 Å². The van der Waals surface area contributed by atoms with E-state index in [1.807, 2.05) is 11.3 Å². The van der Waals surface area contributed by atoms with Crippen LogP contribution in [0.5, 0.6) is 0 Å². The van der Waals surface area contributed by atoms with E-state index in [4.69, 9.17) is 0 Å². The summed E-state index contributed by atoms with van der Waals surface area (Å²) in [6.07, 6.45) is 0.928. The first-order valence-electron chi connectivity index (χ1n) is 10.0. The Hall–Kier alpha value is -2.25. The summed E-state index contributed by atoms with van der Waals surface area (Å²) in [5, 5.41) is 4.62. The average Bonchev–Trinajstić information content (AvgIpc) is 3.29. The first-order chi connectivity index (χ1) is 14.7. The van der Waals surface area contributed by atoms with Gasteiger partial charge < -0.3 is 0 Å². The van der Waals surface area contributed by atoms with Crippen molar-refractivity contribution in [1.29, 1.82) is 0 Å². The zero-order valence-corrected chi connectivity index (χ0v) is 19.8. The van der Waals surface area contributed by atoms with Crippen molar-refractivity contribution in [3.63, 3.8) is 0 Å². The molecule has 0 aliphatic rings. The third-order valence-corrected chi connectivity index (χ3v) is 16.3. The molecule has 1 heterocycles. The number of hydrogen-bond donors (Lipinski definition) is 0. The monoisotopic (exact) mass is 488 g/mol. The summed E-state index contributed by atoms with van der Waals surface area (Å²) in [4.78, 5) is 0. The maximum atomic E-state index is 4.54. The number of halogens is 1. The van der Waals surface area contributed by atoms with Crippen LogP contribution in [-0.2, 0) is 6.16 Å². The second kappa shape index (κ2) is 7.78. The van der Waals surface area contributed by atoms with Gasteiger partial charge in [0, 0.05) is 0 Å². The molecule has 0 N–H and O–H groups in total. The van der Waals surface area contributed by atoms with Crippen LogP contribution in [0.25, 0.3) is 10.1 Å². The number of hydrogen-bond acceptors (Lipinski definition) is 1. The van der Waals surface area contributed by atoms with E-state index in [0.29, 0.717) is 0 Å². The van der Waals surface area contributed by atoms with Gasteiger partial charge in [0.25, 0.3) is 0 Å². The molecule has 0 bridgehead atoms. The summed E-state index contributed by atoms with van der Waals surface area (Å²) in [5.74, 6) is 0. The van der Waals surface area contributed by atoms with Crippen LogP contribution in [-0.4, -0.2) is 0 Å². The van der Waals surface area contributed by atoms with Gasteiger partial charge in [0.15, 0.2) is 0 Å². The van der Waals surface area contributed by atoms with Gasteiger partial charge in [0.05, 0.1) is 0 Å². The molecule has 30 heavy (non-hydrogen) atoms.